The van der Waals surface area contributed by atoms with Crippen LogP contribution < -0.4 is 10.6 Å². The molecule has 25 heavy (non-hydrogen) atoms. The molecule has 130 valence electrons. The maximum atomic E-state index is 12.0. The van der Waals surface area contributed by atoms with Gasteiger partial charge in [0.2, 0.25) is 11.0 Å². The third-order valence-electron chi connectivity index (χ3n) is 3.94. The molecule has 8 heteroatoms. The van der Waals surface area contributed by atoms with Crippen molar-refractivity contribution in [3.8, 4) is 6.07 Å². The molecular formula is C17H19N5OS2. The summed E-state index contributed by atoms with van der Waals surface area (Å²) >= 11 is 2.86. The summed E-state index contributed by atoms with van der Waals surface area (Å²) in [6.07, 6.45) is 6.23. The number of amides is 1. The van der Waals surface area contributed by atoms with E-state index in [-0.39, 0.29) is 11.7 Å². The second-order valence-electron chi connectivity index (χ2n) is 5.88. The minimum Gasteiger partial charge on any atom is -0.357 e. The van der Waals surface area contributed by atoms with E-state index in [0.717, 1.165) is 9.47 Å². The number of carbonyl (C=O) groups excluding carboxylic acids is 1. The van der Waals surface area contributed by atoms with E-state index in [1.165, 1.54) is 55.2 Å². The van der Waals surface area contributed by atoms with Crippen LogP contribution in [0.2, 0.25) is 0 Å². The van der Waals surface area contributed by atoms with Crippen molar-refractivity contribution < 1.29 is 4.79 Å². The number of nitrogens with one attached hydrogen (secondary N) is 2. The maximum absolute atomic E-state index is 12.0. The molecule has 0 saturated heterocycles. The Morgan fingerprint density at radius 3 is 2.96 bits per heavy atom. The predicted molar refractivity (Wildman–Crippen MR) is 101 cm³/mol. The molecule has 0 atom stereocenters. The molecule has 0 spiro atoms. The predicted octanol–water partition coefficient (Wildman–Crippen LogP) is 3.89. The Kier molecular flexibility index (Phi) is 6.25. The lowest BCUT2D eigenvalue weighted by molar-refractivity contribution is -0.113. The number of carbonyl (C=O) groups is 1. The highest BCUT2D eigenvalue weighted by molar-refractivity contribution is 8.01. The largest absolute Gasteiger partial charge is 0.357 e. The summed E-state index contributed by atoms with van der Waals surface area (Å²) in [6, 6.07) is 9.41. The molecule has 1 saturated carbocycles. The van der Waals surface area contributed by atoms with Crippen LogP contribution in [0.25, 0.3) is 0 Å². The van der Waals surface area contributed by atoms with E-state index in [9.17, 15) is 4.79 Å². The van der Waals surface area contributed by atoms with Gasteiger partial charge in [0.05, 0.1) is 17.4 Å². The topological polar surface area (TPSA) is 90.7 Å². The highest BCUT2D eigenvalue weighted by Gasteiger charge is 2.15. The van der Waals surface area contributed by atoms with Crippen LogP contribution in [-0.4, -0.2) is 27.9 Å². The number of nitriles is 1. The third-order valence-corrected chi connectivity index (χ3v) is 5.93. The Bertz CT molecular complexity index is 764. The van der Waals surface area contributed by atoms with Crippen molar-refractivity contribution in [2.24, 2.45) is 0 Å². The van der Waals surface area contributed by atoms with Gasteiger partial charge in [0.25, 0.3) is 0 Å². The minimum absolute atomic E-state index is 0.128. The second kappa shape index (κ2) is 8.83. The van der Waals surface area contributed by atoms with Crippen molar-refractivity contribution in [3.05, 3.63) is 29.8 Å². The average Bonchev–Trinajstić information content (AvgIpc) is 3.08. The first-order valence-corrected chi connectivity index (χ1v) is 10.1. The number of thioether (sulfide) groups is 1. The zero-order valence-corrected chi connectivity index (χ0v) is 15.3. The lowest BCUT2D eigenvalue weighted by Gasteiger charge is -2.21. The standard InChI is InChI=1S/C17H19N5OS2/c18-10-12-5-4-8-14(9-12)19-15(23)11-24-17-22-21-16(25-17)20-13-6-2-1-3-7-13/h4-5,8-9,13H,1-3,6-7,11H2,(H,19,23)(H,20,21). The number of hydrogen-bond acceptors (Lipinski definition) is 7. The maximum Gasteiger partial charge on any atom is 0.234 e. The number of anilines is 2. The molecular weight excluding hydrogens is 354 g/mol. The Labute approximate surface area is 155 Å². The van der Waals surface area contributed by atoms with Gasteiger partial charge in [0.15, 0.2) is 4.34 Å². The van der Waals surface area contributed by atoms with Crippen molar-refractivity contribution >= 4 is 39.8 Å². The van der Waals surface area contributed by atoms with E-state index in [4.69, 9.17) is 5.26 Å². The summed E-state index contributed by atoms with van der Waals surface area (Å²) in [5, 5.41) is 24.2. The molecule has 0 bridgehead atoms. The fourth-order valence-electron chi connectivity index (χ4n) is 2.74. The van der Waals surface area contributed by atoms with Gasteiger partial charge in [-0.3, -0.25) is 4.79 Å². The monoisotopic (exact) mass is 373 g/mol. The van der Waals surface area contributed by atoms with Crippen LogP contribution in [0.5, 0.6) is 0 Å². The Hall–Kier alpha value is -2.11. The molecule has 1 aromatic carbocycles. The van der Waals surface area contributed by atoms with Crippen LogP contribution >= 0.6 is 23.1 Å². The van der Waals surface area contributed by atoms with Crippen molar-refractivity contribution in [2.75, 3.05) is 16.4 Å². The van der Waals surface area contributed by atoms with Gasteiger partial charge in [-0.1, -0.05) is 48.4 Å². The minimum atomic E-state index is -0.128. The van der Waals surface area contributed by atoms with E-state index < -0.39 is 0 Å². The highest BCUT2D eigenvalue weighted by Crippen LogP contribution is 2.28. The van der Waals surface area contributed by atoms with Crippen LogP contribution in [0.1, 0.15) is 37.7 Å². The Morgan fingerprint density at radius 2 is 2.16 bits per heavy atom. The van der Waals surface area contributed by atoms with E-state index in [0.29, 0.717) is 17.3 Å². The van der Waals surface area contributed by atoms with Crippen molar-refractivity contribution in [3.63, 3.8) is 0 Å². The van der Waals surface area contributed by atoms with Gasteiger partial charge in [0.1, 0.15) is 0 Å². The molecule has 0 unspecified atom stereocenters. The second-order valence-corrected chi connectivity index (χ2v) is 8.08. The summed E-state index contributed by atoms with van der Waals surface area (Å²) in [5.41, 5.74) is 1.15. The molecule has 1 aliphatic carbocycles. The van der Waals surface area contributed by atoms with Gasteiger partial charge >= 0.3 is 0 Å². The summed E-state index contributed by atoms with van der Waals surface area (Å²) in [7, 11) is 0. The average molecular weight is 374 g/mol. The van der Waals surface area contributed by atoms with Crippen molar-refractivity contribution in [1.82, 2.24) is 10.2 Å². The lowest BCUT2D eigenvalue weighted by Crippen LogP contribution is -2.21. The normalized spacial score (nSPS) is 14.7. The molecule has 2 aromatic rings. The Balaban J connectivity index is 1.46. The first-order chi connectivity index (χ1) is 12.2. The first-order valence-electron chi connectivity index (χ1n) is 8.26. The molecule has 2 N–H and O–H groups in total. The fourth-order valence-corrected chi connectivity index (χ4v) is 4.37. The summed E-state index contributed by atoms with van der Waals surface area (Å²) in [4.78, 5) is 12.0. The molecule has 6 nitrogen and oxygen atoms in total. The van der Waals surface area contributed by atoms with Crippen LogP contribution in [0, 0.1) is 11.3 Å². The molecule has 1 aromatic heterocycles. The Morgan fingerprint density at radius 1 is 1.32 bits per heavy atom. The molecule has 1 amide bonds. The number of hydrogen-bond donors (Lipinski definition) is 2. The molecule has 1 heterocycles. The lowest BCUT2D eigenvalue weighted by atomic mass is 9.96. The summed E-state index contributed by atoms with van der Waals surface area (Å²) in [5.74, 6) is 0.131. The zero-order valence-electron chi connectivity index (χ0n) is 13.7. The van der Waals surface area contributed by atoms with Gasteiger partial charge in [-0.25, -0.2) is 0 Å². The smallest absolute Gasteiger partial charge is 0.234 e. The van der Waals surface area contributed by atoms with Crippen LogP contribution in [0.3, 0.4) is 0 Å². The number of nitrogens with zero attached hydrogens (tertiary/aromatic N) is 3. The molecule has 1 aliphatic rings. The summed E-state index contributed by atoms with van der Waals surface area (Å²) < 4.78 is 0.777. The van der Waals surface area contributed by atoms with Crippen molar-refractivity contribution in [1.29, 1.82) is 5.26 Å². The van der Waals surface area contributed by atoms with E-state index >= 15 is 0 Å². The SMILES string of the molecule is N#Cc1cccc(NC(=O)CSc2nnc(NC3CCCCC3)s2)c1. The zero-order chi connectivity index (χ0) is 17.5. The molecule has 1 fully saturated rings. The van der Waals surface area contributed by atoms with Gasteiger partial charge in [-0.2, -0.15) is 5.26 Å². The van der Waals surface area contributed by atoms with Crippen molar-refractivity contribution in [2.45, 2.75) is 42.5 Å². The van der Waals surface area contributed by atoms with Crippen LogP contribution in [0.15, 0.2) is 28.6 Å². The summed E-state index contributed by atoms with van der Waals surface area (Å²) in [6.45, 7) is 0. The van der Waals surface area contributed by atoms with E-state index in [2.05, 4.69) is 26.9 Å². The third kappa shape index (κ3) is 5.44. The molecule has 0 aliphatic heterocycles. The first kappa shape index (κ1) is 17.7. The van der Waals surface area contributed by atoms with E-state index in [1.807, 2.05) is 0 Å². The molecule has 0 radical (unpaired) electrons. The number of benzene rings is 1. The number of rotatable bonds is 6. The van der Waals surface area contributed by atoms with Gasteiger partial charge in [0, 0.05) is 11.7 Å². The fraction of sp³-hybridized carbons (Fsp3) is 0.412. The van der Waals surface area contributed by atoms with Gasteiger partial charge in [-0.15, -0.1) is 10.2 Å². The van der Waals surface area contributed by atoms with E-state index in [1.54, 1.807) is 24.3 Å². The number of aromatic nitrogens is 2. The quantitative estimate of drug-likeness (QED) is 0.747. The van der Waals surface area contributed by atoms with Crippen LogP contribution in [0.4, 0.5) is 10.8 Å². The van der Waals surface area contributed by atoms with Crippen LogP contribution in [-0.2, 0) is 4.79 Å². The van der Waals surface area contributed by atoms with Gasteiger partial charge < -0.3 is 10.6 Å². The molecule has 3 rings (SSSR count). The van der Waals surface area contributed by atoms with Gasteiger partial charge in [-0.05, 0) is 31.0 Å². The highest BCUT2D eigenvalue weighted by atomic mass is 32.2.